The van der Waals surface area contributed by atoms with Gasteiger partial charge in [-0.25, -0.2) is 0 Å². The van der Waals surface area contributed by atoms with Gasteiger partial charge in [0.25, 0.3) is 0 Å². The summed E-state index contributed by atoms with van der Waals surface area (Å²) in [6.45, 7) is 9.53. The van der Waals surface area contributed by atoms with E-state index < -0.39 is 0 Å². The van der Waals surface area contributed by atoms with E-state index in [1.54, 1.807) is 0 Å². The topological polar surface area (TPSA) is 23.0 Å². The smallest absolute Gasteiger partial charge is 0.134 e. The van der Waals surface area contributed by atoms with Gasteiger partial charge in [0, 0.05) is 54.9 Å². The number of aromatic nitrogens is 2. The van der Waals surface area contributed by atoms with Crippen LogP contribution in [0.1, 0.15) is 49.9 Å². The monoisotopic (exact) mass is 882 g/mol. The van der Waals surface area contributed by atoms with E-state index in [2.05, 4.69) is 237 Å². The third-order valence-electron chi connectivity index (χ3n) is 16.1. The minimum absolute atomic E-state index is 0.131. The molecule has 15 rings (SSSR count). The molecule has 0 unspecified atom stereocenters. The van der Waals surface area contributed by atoms with Crippen LogP contribution in [0, 0.1) is 0 Å². The first-order chi connectivity index (χ1) is 33.7. The maximum Gasteiger partial charge on any atom is 0.134 e. The Hall–Kier alpha value is -8.40. The number of hydrogen-bond donors (Lipinski definition) is 0. The fourth-order valence-corrected chi connectivity index (χ4v) is 12.7. The highest BCUT2D eigenvalue weighted by molar-refractivity contribution is 6.15. The molecule has 0 radical (unpaired) electrons. The molecule has 2 aliphatic rings. The highest BCUT2D eigenvalue weighted by Gasteiger charge is 2.39. The van der Waals surface area contributed by atoms with Crippen LogP contribution in [0.4, 0.5) is 0 Å². The Morgan fingerprint density at radius 2 is 0.783 bits per heavy atom. The second-order valence-electron chi connectivity index (χ2n) is 20.5. The molecule has 0 bridgehead atoms. The van der Waals surface area contributed by atoms with Gasteiger partial charge in [-0.1, -0.05) is 161 Å². The molecule has 0 aliphatic heterocycles. The van der Waals surface area contributed by atoms with Crippen LogP contribution < -0.4 is 0 Å². The van der Waals surface area contributed by atoms with Crippen molar-refractivity contribution in [3.63, 3.8) is 0 Å². The third kappa shape index (κ3) is 5.22. The van der Waals surface area contributed by atoms with Crippen molar-refractivity contribution in [3.05, 3.63) is 229 Å². The molecule has 0 fully saturated rings. The van der Waals surface area contributed by atoms with Crippen LogP contribution >= 0.6 is 0 Å². The standard InChI is InChI=1S/C66H46N2O/c1-65(2)54-29-25-39-15-11-13-21-46(39)63(54)52-36-60-50(34-56(52)65)48-27-23-41(31-58(48)67(60)44-17-7-5-8-18-44)43-33-62(69-38-43)42-24-28-49-51-35-57-53(37-61(51)68(59(49)32-42)45-19-9-6-10-20-45)64-47-22-14-12-16-40(47)26-30-55(64)66(57,3)4/h5-38H,1-4H3. The number of rotatable bonds is 4. The first-order valence-corrected chi connectivity index (χ1v) is 24.2. The molecule has 3 nitrogen and oxygen atoms in total. The summed E-state index contributed by atoms with van der Waals surface area (Å²) in [5.41, 5.74) is 20.9. The van der Waals surface area contributed by atoms with Crippen molar-refractivity contribution in [3.8, 4) is 56.1 Å². The Morgan fingerprint density at radius 1 is 0.333 bits per heavy atom. The zero-order chi connectivity index (χ0) is 45.9. The van der Waals surface area contributed by atoms with Crippen LogP contribution in [0.3, 0.4) is 0 Å². The van der Waals surface area contributed by atoms with Crippen LogP contribution in [-0.2, 0) is 10.8 Å². The highest BCUT2D eigenvalue weighted by atomic mass is 16.3. The minimum atomic E-state index is -0.133. The number of para-hydroxylation sites is 2. The van der Waals surface area contributed by atoms with Crippen LogP contribution in [0.5, 0.6) is 0 Å². The molecule has 2 aliphatic carbocycles. The third-order valence-corrected chi connectivity index (χ3v) is 16.1. The van der Waals surface area contributed by atoms with Crippen LogP contribution in [-0.4, -0.2) is 9.13 Å². The molecule has 0 saturated heterocycles. The molecule has 69 heavy (non-hydrogen) atoms. The van der Waals surface area contributed by atoms with E-state index in [4.69, 9.17) is 4.42 Å². The summed E-state index contributed by atoms with van der Waals surface area (Å²) in [5.74, 6) is 0.842. The van der Waals surface area contributed by atoms with Crippen LogP contribution in [0.15, 0.2) is 211 Å². The van der Waals surface area contributed by atoms with Gasteiger partial charge in [0.05, 0.1) is 28.3 Å². The molecular formula is C66H46N2O. The second-order valence-corrected chi connectivity index (χ2v) is 20.5. The van der Waals surface area contributed by atoms with Crippen molar-refractivity contribution in [1.82, 2.24) is 9.13 Å². The quantitative estimate of drug-likeness (QED) is 0.173. The van der Waals surface area contributed by atoms with E-state index in [1.165, 1.54) is 104 Å². The predicted molar refractivity (Wildman–Crippen MR) is 288 cm³/mol. The largest absolute Gasteiger partial charge is 0.464 e. The summed E-state index contributed by atoms with van der Waals surface area (Å²) in [5, 5.41) is 10.2. The van der Waals surface area contributed by atoms with Crippen molar-refractivity contribution in [1.29, 1.82) is 0 Å². The first kappa shape index (κ1) is 38.7. The predicted octanol–water partition coefficient (Wildman–Crippen LogP) is 17.7. The highest BCUT2D eigenvalue weighted by Crippen LogP contribution is 2.55. The van der Waals surface area contributed by atoms with Crippen LogP contribution in [0.25, 0.3) is 121 Å². The van der Waals surface area contributed by atoms with Gasteiger partial charge in [0.2, 0.25) is 0 Å². The Labute approximate surface area is 400 Å². The molecule has 10 aromatic carbocycles. The van der Waals surface area contributed by atoms with E-state index in [9.17, 15) is 0 Å². The average Bonchev–Trinajstić information content (AvgIpc) is 4.18. The molecule has 0 N–H and O–H groups in total. The normalized spacial score (nSPS) is 14.3. The maximum absolute atomic E-state index is 6.56. The second kappa shape index (κ2) is 13.6. The molecule has 3 aromatic heterocycles. The Morgan fingerprint density at radius 3 is 1.30 bits per heavy atom. The van der Waals surface area contributed by atoms with Gasteiger partial charge in [0.15, 0.2) is 0 Å². The lowest BCUT2D eigenvalue weighted by molar-refractivity contribution is 0.583. The number of benzene rings is 10. The summed E-state index contributed by atoms with van der Waals surface area (Å²) in [6.07, 6.45) is 1.93. The molecular weight excluding hydrogens is 837 g/mol. The number of fused-ring (bicyclic) bond motifs is 16. The Balaban J connectivity index is 0.888. The summed E-state index contributed by atoms with van der Waals surface area (Å²) in [7, 11) is 0. The van der Waals surface area contributed by atoms with Gasteiger partial charge in [0.1, 0.15) is 5.76 Å². The molecule has 13 aromatic rings. The first-order valence-electron chi connectivity index (χ1n) is 24.2. The van der Waals surface area contributed by atoms with Gasteiger partial charge in [-0.3, -0.25) is 0 Å². The molecule has 0 saturated carbocycles. The average molecular weight is 883 g/mol. The molecule has 0 atom stereocenters. The molecule has 3 heteroatoms. The summed E-state index contributed by atoms with van der Waals surface area (Å²) in [4.78, 5) is 0. The van der Waals surface area contributed by atoms with Crippen LogP contribution in [0.2, 0.25) is 0 Å². The molecule has 3 heterocycles. The number of furan rings is 1. The SMILES string of the molecule is CC1(C)c2cc3c4ccc(-c5coc(-c6ccc7c8cc9c(cc8n(-c8ccccc8)c7c6)-c6c(ccc7ccccc67)C9(C)C)c5)cc4n(-c4ccccc4)c3cc2-c2c1ccc1ccccc21. The van der Waals surface area contributed by atoms with E-state index in [0.29, 0.717) is 0 Å². The molecule has 326 valence electrons. The van der Waals surface area contributed by atoms with Gasteiger partial charge < -0.3 is 13.6 Å². The van der Waals surface area contributed by atoms with Crippen molar-refractivity contribution in [2.45, 2.75) is 38.5 Å². The molecule has 0 amide bonds. The lowest BCUT2D eigenvalue weighted by Crippen LogP contribution is -2.14. The van der Waals surface area contributed by atoms with Gasteiger partial charge in [-0.05, 0) is 138 Å². The number of hydrogen-bond acceptors (Lipinski definition) is 1. The fraction of sp³-hybridized carbons (Fsp3) is 0.0909. The zero-order valence-corrected chi connectivity index (χ0v) is 38.9. The van der Waals surface area contributed by atoms with Gasteiger partial charge in [-0.15, -0.1) is 0 Å². The fourth-order valence-electron chi connectivity index (χ4n) is 12.7. The Bertz CT molecular complexity index is 4070. The Kier molecular flexibility index (Phi) is 7.63. The van der Waals surface area contributed by atoms with E-state index >= 15 is 0 Å². The zero-order valence-electron chi connectivity index (χ0n) is 38.9. The van der Waals surface area contributed by atoms with E-state index in [1.807, 2.05) is 6.26 Å². The minimum Gasteiger partial charge on any atom is -0.464 e. The van der Waals surface area contributed by atoms with E-state index in [-0.39, 0.29) is 10.8 Å². The lowest BCUT2D eigenvalue weighted by atomic mass is 9.81. The lowest BCUT2D eigenvalue weighted by Gasteiger charge is -2.21. The van der Waals surface area contributed by atoms with Crippen molar-refractivity contribution in [2.75, 3.05) is 0 Å². The molecule has 0 spiro atoms. The van der Waals surface area contributed by atoms with Gasteiger partial charge >= 0.3 is 0 Å². The number of nitrogens with zero attached hydrogens (tertiary/aromatic N) is 2. The van der Waals surface area contributed by atoms with Crippen molar-refractivity contribution < 1.29 is 4.42 Å². The van der Waals surface area contributed by atoms with Crippen molar-refractivity contribution in [2.24, 2.45) is 0 Å². The summed E-state index contributed by atoms with van der Waals surface area (Å²) >= 11 is 0. The van der Waals surface area contributed by atoms with Crippen molar-refractivity contribution >= 4 is 65.2 Å². The van der Waals surface area contributed by atoms with Gasteiger partial charge in [-0.2, -0.15) is 0 Å². The summed E-state index contributed by atoms with van der Waals surface area (Å²) in [6, 6.07) is 74.5. The van der Waals surface area contributed by atoms with E-state index in [0.717, 1.165) is 39.3 Å². The maximum atomic E-state index is 6.56. The summed E-state index contributed by atoms with van der Waals surface area (Å²) < 4.78 is 11.5.